The molecule has 1 rings (SSSR count). The molecule has 1 N–H and O–H groups in total. The van der Waals surface area contributed by atoms with Gasteiger partial charge >= 0.3 is 0 Å². The molecule has 2 nitrogen and oxygen atoms in total. The Morgan fingerprint density at radius 3 is 2.39 bits per heavy atom. The summed E-state index contributed by atoms with van der Waals surface area (Å²) < 4.78 is 5.61. The summed E-state index contributed by atoms with van der Waals surface area (Å²) in [4.78, 5) is 0. The number of nitrogens with one attached hydrogen (secondary N) is 1. The van der Waals surface area contributed by atoms with Gasteiger partial charge in [-0.25, -0.2) is 0 Å². The summed E-state index contributed by atoms with van der Waals surface area (Å²) in [5.74, 6) is 0. The van der Waals surface area contributed by atoms with Gasteiger partial charge in [-0.3, -0.25) is 0 Å². The smallest absolute Gasteiger partial charge is 0.0661 e. The SMILES string of the molecule is CCNC(COCC)c1ccccc1C(C)(C)C. The van der Waals surface area contributed by atoms with Gasteiger partial charge in [-0.15, -0.1) is 0 Å². The Morgan fingerprint density at radius 1 is 1.17 bits per heavy atom. The van der Waals surface area contributed by atoms with Gasteiger partial charge in [-0.1, -0.05) is 52.0 Å². The number of likely N-dealkylation sites (N-methyl/N-ethyl adjacent to an activating group) is 1. The predicted octanol–water partition coefficient (Wildman–Crippen LogP) is 3.67. The lowest BCUT2D eigenvalue weighted by Gasteiger charge is -2.28. The molecular weight excluding hydrogens is 222 g/mol. The average Bonchev–Trinajstić information content (AvgIpc) is 2.33. The van der Waals surface area contributed by atoms with Crippen LogP contribution in [0.5, 0.6) is 0 Å². The van der Waals surface area contributed by atoms with E-state index in [0.717, 1.165) is 19.8 Å². The van der Waals surface area contributed by atoms with E-state index < -0.39 is 0 Å². The van der Waals surface area contributed by atoms with E-state index in [1.807, 2.05) is 6.92 Å². The van der Waals surface area contributed by atoms with Crippen molar-refractivity contribution >= 4 is 0 Å². The van der Waals surface area contributed by atoms with Crippen LogP contribution in [0.2, 0.25) is 0 Å². The monoisotopic (exact) mass is 249 g/mol. The third-order valence-corrected chi connectivity index (χ3v) is 3.08. The fourth-order valence-corrected chi connectivity index (χ4v) is 2.22. The van der Waals surface area contributed by atoms with Crippen LogP contribution < -0.4 is 5.32 Å². The molecule has 102 valence electrons. The van der Waals surface area contributed by atoms with E-state index in [-0.39, 0.29) is 11.5 Å². The number of hydrogen-bond donors (Lipinski definition) is 1. The molecule has 2 heteroatoms. The lowest BCUT2D eigenvalue weighted by molar-refractivity contribution is 0.123. The summed E-state index contributed by atoms with van der Waals surface area (Å²) >= 11 is 0. The van der Waals surface area contributed by atoms with Gasteiger partial charge in [0.2, 0.25) is 0 Å². The maximum Gasteiger partial charge on any atom is 0.0661 e. The molecule has 0 aliphatic rings. The van der Waals surface area contributed by atoms with E-state index in [4.69, 9.17) is 4.74 Å². The second kappa shape index (κ2) is 6.91. The lowest BCUT2D eigenvalue weighted by Crippen LogP contribution is -2.28. The molecule has 0 fully saturated rings. The van der Waals surface area contributed by atoms with Crippen molar-refractivity contribution in [1.29, 1.82) is 0 Å². The summed E-state index contributed by atoms with van der Waals surface area (Å²) in [6, 6.07) is 8.96. The van der Waals surface area contributed by atoms with Crippen LogP contribution >= 0.6 is 0 Å². The summed E-state index contributed by atoms with van der Waals surface area (Å²) in [7, 11) is 0. The molecule has 0 aromatic heterocycles. The van der Waals surface area contributed by atoms with Gasteiger partial charge in [0.1, 0.15) is 0 Å². The number of ether oxygens (including phenoxy) is 1. The zero-order chi connectivity index (χ0) is 13.6. The molecule has 1 atom stereocenters. The van der Waals surface area contributed by atoms with E-state index in [1.165, 1.54) is 11.1 Å². The molecule has 1 aromatic rings. The predicted molar refractivity (Wildman–Crippen MR) is 78.1 cm³/mol. The Hall–Kier alpha value is -0.860. The van der Waals surface area contributed by atoms with Crippen LogP contribution in [0.4, 0.5) is 0 Å². The van der Waals surface area contributed by atoms with E-state index in [0.29, 0.717) is 0 Å². The van der Waals surface area contributed by atoms with Crippen LogP contribution in [0.15, 0.2) is 24.3 Å². The number of hydrogen-bond acceptors (Lipinski definition) is 2. The van der Waals surface area contributed by atoms with Crippen LogP contribution in [-0.2, 0) is 10.2 Å². The normalized spacial score (nSPS) is 13.6. The van der Waals surface area contributed by atoms with Gasteiger partial charge in [0.15, 0.2) is 0 Å². The topological polar surface area (TPSA) is 21.3 Å². The molecule has 1 unspecified atom stereocenters. The first-order valence-electron chi connectivity index (χ1n) is 6.91. The highest BCUT2D eigenvalue weighted by atomic mass is 16.5. The van der Waals surface area contributed by atoms with Crippen molar-refractivity contribution < 1.29 is 4.74 Å². The second-order valence-electron chi connectivity index (χ2n) is 5.61. The summed E-state index contributed by atoms with van der Waals surface area (Å²) in [5.41, 5.74) is 2.92. The van der Waals surface area contributed by atoms with Crippen molar-refractivity contribution in [2.75, 3.05) is 19.8 Å². The highest BCUT2D eigenvalue weighted by Gasteiger charge is 2.21. The summed E-state index contributed by atoms with van der Waals surface area (Å²) in [6.45, 7) is 13.4. The van der Waals surface area contributed by atoms with E-state index in [2.05, 4.69) is 57.3 Å². The van der Waals surface area contributed by atoms with Gasteiger partial charge in [0.05, 0.1) is 12.6 Å². The van der Waals surface area contributed by atoms with Gasteiger partial charge in [-0.2, -0.15) is 0 Å². The van der Waals surface area contributed by atoms with Crippen LogP contribution in [0, 0.1) is 0 Å². The minimum atomic E-state index is 0.163. The fraction of sp³-hybridized carbons (Fsp3) is 0.625. The first-order chi connectivity index (χ1) is 8.50. The number of rotatable bonds is 6. The summed E-state index contributed by atoms with van der Waals surface area (Å²) in [6.07, 6.45) is 0. The van der Waals surface area contributed by atoms with E-state index >= 15 is 0 Å². The maximum absolute atomic E-state index is 5.61. The standard InChI is InChI=1S/C16H27NO/c1-6-17-15(12-18-7-2)13-10-8-9-11-14(13)16(3,4)5/h8-11,15,17H,6-7,12H2,1-5H3. The lowest BCUT2D eigenvalue weighted by atomic mass is 9.82. The minimum Gasteiger partial charge on any atom is -0.380 e. The van der Waals surface area contributed by atoms with Gasteiger partial charge in [-0.05, 0) is 30.0 Å². The fourth-order valence-electron chi connectivity index (χ4n) is 2.22. The van der Waals surface area contributed by atoms with Crippen molar-refractivity contribution in [3.05, 3.63) is 35.4 Å². The molecule has 0 aliphatic carbocycles. The molecule has 0 heterocycles. The third-order valence-electron chi connectivity index (χ3n) is 3.08. The Kier molecular flexibility index (Phi) is 5.83. The Balaban J connectivity index is 3.03. The molecule has 0 bridgehead atoms. The van der Waals surface area contributed by atoms with Crippen LogP contribution in [0.25, 0.3) is 0 Å². The minimum absolute atomic E-state index is 0.163. The van der Waals surface area contributed by atoms with Crippen molar-refractivity contribution in [3.8, 4) is 0 Å². The highest BCUT2D eigenvalue weighted by molar-refractivity contribution is 5.35. The van der Waals surface area contributed by atoms with Crippen molar-refractivity contribution in [1.82, 2.24) is 5.32 Å². The van der Waals surface area contributed by atoms with Crippen LogP contribution in [0.3, 0.4) is 0 Å². The summed E-state index contributed by atoms with van der Waals surface area (Å²) in [5, 5.41) is 3.52. The first-order valence-corrected chi connectivity index (χ1v) is 6.91. The van der Waals surface area contributed by atoms with Gasteiger partial charge < -0.3 is 10.1 Å². The van der Waals surface area contributed by atoms with E-state index in [9.17, 15) is 0 Å². The first kappa shape index (κ1) is 15.2. The Morgan fingerprint density at radius 2 is 1.83 bits per heavy atom. The second-order valence-corrected chi connectivity index (χ2v) is 5.61. The Labute approximate surface area is 112 Å². The van der Waals surface area contributed by atoms with Crippen LogP contribution in [-0.4, -0.2) is 19.8 Å². The third kappa shape index (κ3) is 4.11. The van der Waals surface area contributed by atoms with Crippen LogP contribution in [0.1, 0.15) is 51.8 Å². The van der Waals surface area contributed by atoms with Gasteiger partial charge in [0, 0.05) is 6.61 Å². The molecule has 0 saturated heterocycles. The average molecular weight is 249 g/mol. The zero-order valence-electron chi connectivity index (χ0n) is 12.4. The number of benzene rings is 1. The molecule has 0 amide bonds. The highest BCUT2D eigenvalue weighted by Crippen LogP contribution is 2.29. The molecule has 0 radical (unpaired) electrons. The molecule has 0 spiro atoms. The quantitative estimate of drug-likeness (QED) is 0.830. The molecule has 1 aromatic carbocycles. The molecule has 0 aliphatic heterocycles. The van der Waals surface area contributed by atoms with Crippen molar-refractivity contribution in [3.63, 3.8) is 0 Å². The molecule has 18 heavy (non-hydrogen) atoms. The molecule has 0 saturated carbocycles. The largest absolute Gasteiger partial charge is 0.380 e. The molecular formula is C16H27NO. The van der Waals surface area contributed by atoms with E-state index in [1.54, 1.807) is 0 Å². The maximum atomic E-state index is 5.61. The van der Waals surface area contributed by atoms with Crippen molar-refractivity contribution in [2.45, 2.75) is 46.1 Å². The zero-order valence-corrected chi connectivity index (χ0v) is 12.4. The van der Waals surface area contributed by atoms with Crippen molar-refractivity contribution in [2.24, 2.45) is 0 Å². The van der Waals surface area contributed by atoms with Gasteiger partial charge in [0.25, 0.3) is 0 Å². The Bertz CT molecular complexity index is 354.